The standard InChI is InChI=1S/C45H55N5O7S/c1-8-11-12-13-14-21-49(26-30-15-17-32(54-6)18-16-30)44(53)50-27-34(23-39(50)41(51)48-45(25-31(45)9-2)43(52)56-10-3)57-40-24-37(42-47-38(28-58-42)29(4)5)46-36-22-33(55-7)19-20-35(36)40/h8-9,15-20,22,24,28-29,31,34,39H,1-2,10-14,21,23,25-27H2,3-7H3,(H,48,51)/t31-,34-,39+,45-/m1/s1. The molecule has 2 fully saturated rings. The van der Waals surface area contributed by atoms with Gasteiger partial charge in [0.05, 0.1) is 38.6 Å². The lowest BCUT2D eigenvalue weighted by atomic mass is 10.1. The van der Waals surface area contributed by atoms with E-state index < -0.39 is 29.6 Å². The number of carbonyl (C=O) groups is 3. The third kappa shape index (κ3) is 9.47. The van der Waals surface area contributed by atoms with E-state index in [4.69, 9.17) is 28.9 Å². The predicted octanol–water partition coefficient (Wildman–Crippen LogP) is 8.31. The molecule has 1 saturated carbocycles. The molecule has 2 aromatic heterocycles. The van der Waals surface area contributed by atoms with E-state index in [9.17, 15) is 14.4 Å². The van der Waals surface area contributed by atoms with Gasteiger partial charge in [-0.05, 0) is 68.4 Å². The Morgan fingerprint density at radius 3 is 2.45 bits per heavy atom. The number of benzene rings is 2. The summed E-state index contributed by atoms with van der Waals surface area (Å²) in [5.41, 5.74) is 1.99. The number of ether oxygens (including phenoxy) is 4. The van der Waals surface area contributed by atoms with E-state index in [2.05, 4.69) is 32.3 Å². The predicted molar refractivity (Wildman–Crippen MR) is 226 cm³/mol. The normalized spacial score (nSPS) is 19.8. The number of unbranched alkanes of at least 4 members (excludes halogenated alkanes) is 3. The quantitative estimate of drug-likeness (QED) is 0.0564. The van der Waals surface area contributed by atoms with Crippen LogP contribution in [0.25, 0.3) is 21.6 Å². The summed E-state index contributed by atoms with van der Waals surface area (Å²) in [7, 11) is 3.22. The molecule has 1 aliphatic heterocycles. The minimum Gasteiger partial charge on any atom is -0.497 e. The zero-order chi connectivity index (χ0) is 41.4. The van der Waals surface area contributed by atoms with E-state index in [0.29, 0.717) is 42.2 Å². The molecule has 3 amide bonds. The topological polar surface area (TPSA) is 132 Å². The van der Waals surface area contributed by atoms with E-state index in [1.807, 2.05) is 60.0 Å². The van der Waals surface area contributed by atoms with Gasteiger partial charge in [-0.25, -0.2) is 19.6 Å². The van der Waals surface area contributed by atoms with Gasteiger partial charge in [0.1, 0.15) is 45.6 Å². The van der Waals surface area contributed by atoms with Gasteiger partial charge in [0, 0.05) is 48.3 Å². The molecule has 2 aromatic carbocycles. The fraction of sp³-hybridized carbons (Fsp3) is 0.444. The average molecular weight is 810 g/mol. The van der Waals surface area contributed by atoms with Gasteiger partial charge in [-0.3, -0.25) is 4.79 Å². The Labute approximate surface area is 345 Å². The number of nitrogens with zero attached hydrogens (tertiary/aromatic N) is 4. The number of methoxy groups -OCH3 is 2. The highest BCUT2D eigenvalue weighted by atomic mass is 32.1. The lowest BCUT2D eigenvalue weighted by molar-refractivity contribution is -0.149. The van der Waals surface area contributed by atoms with Crippen molar-refractivity contribution in [3.63, 3.8) is 0 Å². The van der Waals surface area contributed by atoms with Gasteiger partial charge < -0.3 is 34.1 Å². The van der Waals surface area contributed by atoms with Crippen LogP contribution in [0.3, 0.4) is 0 Å². The molecule has 1 N–H and O–H groups in total. The van der Waals surface area contributed by atoms with Crippen molar-refractivity contribution in [2.45, 2.75) is 89.4 Å². The second-order valence-corrected chi connectivity index (χ2v) is 16.0. The average Bonchev–Trinajstić information content (AvgIpc) is 3.50. The van der Waals surface area contributed by atoms with Crippen LogP contribution in [-0.4, -0.2) is 89.3 Å². The van der Waals surface area contributed by atoms with E-state index in [-0.39, 0.29) is 37.4 Å². The fourth-order valence-electron chi connectivity index (χ4n) is 7.41. The van der Waals surface area contributed by atoms with Crippen molar-refractivity contribution < 1.29 is 33.3 Å². The Hall–Kier alpha value is -5.43. The molecule has 0 spiro atoms. The van der Waals surface area contributed by atoms with Crippen LogP contribution in [0.15, 0.2) is 79.2 Å². The molecular formula is C45H55N5O7S. The van der Waals surface area contributed by atoms with Crippen molar-refractivity contribution >= 4 is 40.1 Å². The number of pyridine rings is 1. The highest BCUT2D eigenvalue weighted by Crippen LogP contribution is 2.46. The zero-order valence-corrected chi connectivity index (χ0v) is 35.0. The number of urea groups is 1. The Balaban J connectivity index is 1.34. The molecule has 0 radical (unpaired) electrons. The van der Waals surface area contributed by atoms with Crippen molar-refractivity contribution in [2.24, 2.45) is 5.92 Å². The van der Waals surface area contributed by atoms with Crippen molar-refractivity contribution in [1.82, 2.24) is 25.1 Å². The summed E-state index contributed by atoms with van der Waals surface area (Å²) in [6, 6.07) is 13.9. The second-order valence-electron chi connectivity index (χ2n) is 15.2. The number of hydrogen-bond acceptors (Lipinski definition) is 10. The number of carbonyl (C=O) groups excluding carboxylic acids is 3. The van der Waals surface area contributed by atoms with Crippen molar-refractivity contribution in [2.75, 3.05) is 33.9 Å². The number of hydrogen-bond donors (Lipinski definition) is 1. The summed E-state index contributed by atoms with van der Waals surface area (Å²) in [4.78, 5) is 55.8. The molecule has 13 heteroatoms. The van der Waals surface area contributed by atoms with E-state index in [1.165, 1.54) is 11.3 Å². The molecule has 6 rings (SSSR count). The number of nitrogens with one attached hydrogen (secondary N) is 1. The van der Waals surface area contributed by atoms with Crippen LogP contribution < -0.4 is 19.5 Å². The maximum atomic E-state index is 14.9. The summed E-state index contributed by atoms with van der Waals surface area (Å²) in [6.07, 6.45) is 7.11. The van der Waals surface area contributed by atoms with Crippen molar-refractivity contribution in [3.05, 3.63) is 90.5 Å². The summed E-state index contributed by atoms with van der Waals surface area (Å²) < 4.78 is 23.1. The van der Waals surface area contributed by atoms with Crippen LogP contribution >= 0.6 is 11.3 Å². The Bertz CT molecular complexity index is 2100. The van der Waals surface area contributed by atoms with Gasteiger partial charge >= 0.3 is 12.0 Å². The minimum atomic E-state index is -1.23. The lowest BCUT2D eigenvalue weighted by Crippen LogP contribution is -2.55. The van der Waals surface area contributed by atoms with Gasteiger partial charge in [0.15, 0.2) is 0 Å². The zero-order valence-electron chi connectivity index (χ0n) is 34.2. The molecule has 58 heavy (non-hydrogen) atoms. The van der Waals surface area contributed by atoms with Crippen LogP contribution in [0.4, 0.5) is 4.79 Å². The van der Waals surface area contributed by atoms with E-state index in [0.717, 1.165) is 53.1 Å². The molecule has 4 aromatic rings. The number of likely N-dealkylation sites (tertiary alicyclic amines) is 1. The molecule has 1 aliphatic carbocycles. The summed E-state index contributed by atoms with van der Waals surface area (Å²) in [5, 5.41) is 6.56. The Morgan fingerprint density at radius 1 is 1.03 bits per heavy atom. The molecule has 12 nitrogen and oxygen atoms in total. The second kappa shape index (κ2) is 18.9. The lowest BCUT2D eigenvalue weighted by Gasteiger charge is -2.32. The van der Waals surface area contributed by atoms with Crippen molar-refractivity contribution in [3.8, 4) is 28.0 Å². The Morgan fingerprint density at radius 2 is 1.79 bits per heavy atom. The SMILES string of the molecule is C=CCCCCCN(Cc1ccc(OC)cc1)C(=O)N1C[C@H](Oc2cc(-c3nc(C(C)C)cs3)nc3cc(OC)ccc23)C[C@H]1C(=O)N[C@]1(C(=O)OCC)C[C@H]1C=C. The molecular weight excluding hydrogens is 755 g/mol. The Kier molecular flexibility index (Phi) is 13.7. The van der Waals surface area contributed by atoms with Crippen LogP contribution in [0, 0.1) is 5.92 Å². The molecule has 1 saturated heterocycles. The first-order valence-corrected chi connectivity index (χ1v) is 20.9. The maximum absolute atomic E-state index is 14.9. The molecule has 0 bridgehead atoms. The first-order chi connectivity index (χ1) is 28.0. The van der Waals surface area contributed by atoms with Gasteiger partial charge in [0.25, 0.3) is 0 Å². The monoisotopic (exact) mass is 809 g/mol. The van der Waals surface area contributed by atoms with Gasteiger partial charge in [-0.15, -0.1) is 24.5 Å². The van der Waals surface area contributed by atoms with E-state index in [1.54, 1.807) is 37.0 Å². The van der Waals surface area contributed by atoms with Crippen molar-refractivity contribution in [1.29, 1.82) is 0 Å². The molecule has 308 valence electrons. The summed E-state index contributed by atoms with van der Waals surface area (Å²) in [5.74, 6) is 0.939. The smallest absolute Gasteiger partial charge is 0.332 e. The third-order valence-corrected chi connectivity index (χ3v) is 11.7. The van der Waals surface area contributed by atoms with Gasteiger partial charge in [0.2, 0.25) is 5.91 Å². The molecule has 2 aliphatic rings. The first kappa shape index (κ1) is 42.2. The number of fused-ring (bicyclic) bond motifs is 1. The highest BCUT2D eigenvalue weighted by Gasteiger charge is 2.62. The van der Waals surface area contributed by atoms with Crippen LogP contribution in [0.1, 0.15) is 76.5 Å². The summed E-state index contributed by atoms with van der Waals surface area (Å²) >= 11 is 1.52. The number of allylic oxidation sites excluding steroid dienone is 1. The maximum Gasteiger partial charge on any atom is 0.332 e. The van der Waals surface area contributed by atoms with E-state index >= 15 is 0 Å². The number of thiazole rings is 1. The van der Waals surface area contributed by atoms with Crippen LogP contribution in [0.2, 0.25) is 0 Å². The molecule has 3 heterocycles. The van der Waals surface area contributed by atoms with Crippen LogP contribution in [0.5, 0.6) is 17.2 Å². The number of rotatable bonds is 19. The molecule has 4 atom stereocenters. The van der Waals surface area contributed by atoms with Crippen LogP contribution in [-0.2, 0) is 20.9 Å². The van der Waals surface area contributed by atoms with Gasteiger partial charge in [-0.2, -0.15) is 0 Å². The first-order valence-electron chi connectivity index (χ1n) is 20.1. The fourth-order valence-corrected chi connectivity index (χ4v) is 8.35. The summed E-state index contributed by atoms with van der Waals surface area (Å²) in [6.45, 7) is 14.8. The highest BCUT2D eigenvalue weighted by molar-refractivity contribution is 7.13. The number of esters is 1. The number of aromatic nitrogens is 2. The largest absolute Gasteiger partial charge is 0.497 e. The number of amides is 3. The van der Waals surface area contributed by atoms with Gasteiger partial charge in [-0.1, -0.05) is 44.6 Å². The third-order valence-electron chi connectivity index (χ3n) is 10.8. The molecule has 0 unspecified atom stereocenters. The minimum absolute atomic E-state index is 0.133.